The topological polar surface area (TPSA) is 88.2 Å². The standard InChI is InChI=1S/C22H27N3O5/c1-3-24(16-7-5-4-6-8-16)19(26)13-25-20(27)22(2,23-21(25)28)12-15-9-10-17-18(11-15)30-14-29-17/h7,9-11H,3-6,8,12-14H2,1-2H3,(H,23,28). The molecule has 0 spiro atoms. The summed E-state index contributed by atoms with van der Waals surface area (Å²) < 4.78 is 10.7. The summed E-state index contributed by atoms with van der Waals surface area (Å²) in [5, 5.41) is 2.77. The first-order valence-corrected chi connectivity index (χ1v) is 10.4. The number of amides is 4. The van der Waals surface area contributed by atoms with Gasteiger partial charge in [-0.05, 0) is 57.2 Å². The lowest BCUT2D eigenvalue weighted by molar-refractivity contribution is -0.137. The molecular weight excluding hydrogens is 386 g/mol. The van der Waals surface area contributed by atoms with Crippen LogP contribution in [0.15, 0.2) is 30.0 Å². The zero-order valence-electron chi connectivity index (χ0n) is 17.4. The van der Waals surface area contributed by atoms with E-state index >= 15 is 0 Å². The SMILES string of the molecule is CCN(C(=O)CN1C(=O)NC(C)(Cc2ccc3c(c2)OCO3)C1=O)C1=CCCCC1. The first kappa shape index (κ1) is 20.3. The summed E-state index contributed by atoms with van der Waals surface area (Å²) in [6.45, 7) is 4.02. The van der Waals surface area contributed by atoms with Crippen LogP contribution < -0.4 is 14.8 Å². The van der Waals surface area contributed by atoms with E-state index in [1.807, 2.05) is 19.1 Å². The summed E-state index contributed by atoms with van der Waals surface area (Å²) in [7, 11) is 0. The summed E-state index contributed by atoms with van der Waals surface area (Å²) in [6, 6.07) is 4.92. The maximum absolute atomic E-state index is 13.1. The Kier molecular flexibility index (Phi) is 5.40. The Bertz CT molecular complexity index is 912. The van der Waals surface area contributed by atoms with Crippen LogP contribution in [0.3, 0.4) is 0 Å². The molecule has 1 aromatic carbocycles. The fourth-order valence-corrected chi connectivity index (χ4v) is 4.30. The minimum atomic E-state index is -1.12. The van der Waals surface area contributed by atoms with Gasteiger partial charge in [0.2, 0.25) is 12.7 Å². The molecule has 1 N–H and O–H groups in total. The number of urea groups is 1. The molecule has 160 valence electrons. The Hall–Kier alpha value is -3.03. The molecule has 4 rings (SSSR count). The molecule has 8 heteroatoms. The lowest BCUT2D eigenvalue weighted by atomic mass is 9.92. The third-order valence-electron chi connectivity index (χ3n) is 5.86. The second-order valence-electron chi connectivity index (χ2n) is 8.10. The molecular formula is C22H27N3O5. The van der Waals surface area contributed by atoms with E-state index in [9.17, 15) is 14.4 Å². The van der Waals surface area contributed by atoms with Crippen molar-refractivity contribution >= 4 is 17.8 Å². The van der Waals surface area contributed by atoms with E-state index in [1.165, 1.54) is 0 Å². The van der Waals surface area contributed by atoms with Gasteiger partial charge in [-0.1, -0.05) is 12.1 Å². The molecule has 1 aromatic rings. The first-order chi connectivity index (χ1) is 14.4. The molecule has 0 radical (unpaired) electrons. The Morgan fingerprint density at radius 3 is 2.77 bits per heavy atom. The minimum Gasteiger partial charge on any atom is -0.454 e. The van der Waals surface area contributed by atoms with Crippen molar-refractivity contribution in [3.63, 3.8) is 0 Å². The second-order valence-corrected chi connectivity index (χ2v) is 8.10. The molecule has 3 aliphatic rings. The van der Waals surface area contributed by atoms with Crippen LogP contribution in [0, 0.1) is 0 Å². The molecule has 0 bridgehead atoms. The van der Waals surface area contributed by atoms with Gasteiger partial charge in [0.25, 0.3) is 5.91 Å². The molecule has 4 amide bonds. The Morgan fingerprint density at radius 1 is 1.23 bits per heavy atom. The summed E-state index contributed by atoms with van der Waals surface area (Å²) in [5.74, 6) is 0.655. The van der Waals surface area contributed by atoms with Crippen molar-refractivity contribution in [2.75, 3.05) is 19.9 Å². The zero-order chi connectivity index (χ0) is 21.3. The number of ether oxygens (including phenoxy) is 2. The number of benzene rings is 1. The quantitative estimate of drug-likeness (QED) is 0.724. The molecule has 8 nitrogen and oxygen atoms in total. The monoisotopic (exact) mass is 413 g/mol. The Balaban J connectivity index is 1.46. The molecule has 1 aliphatic carbocycles. The summed E-state index contributed by atoms with van der Waals surface area (Å²) >= 11 is 0. The number of hydrogen-bond acceptors (Lipinski definition) is 5. The third kappa shape index (κ3) is 3.74. The lowest BCUT2D eigenvalue weighted by Gasteiger charge is -2.28. The average molecular weight is 413 g/mol. The second kappa shape index (κ2) is 8.01. The number of carbonyl (C=O) groups excluding carboxylic acids is 3. The highest BCUT2D eigenvalue weighted by atomic mass is 16.7. The summed E-state index contributed by atoms with van der Waals surface area (Å²) in [4.78, 5) is 41.3. The van der Waals surface area contributed by atoms with Crippen molar-refractivity contribution in [1.82, 2.24) is 15.1 Å². The van der Waals surface area contributed by atoms with Gasteiger partial charge >= 0.3 is 6.03 Å². The number of imide groups is 1. The number of nitrogens with one attached hydrogen (secondary N) is 1. The van der Waals surface area contributed by atoms with Gasteiger partial charge < -0.3 is 19.7 Å². The third-order valence-corrected chi connectivity index (χ3v) is 5.86. The average Bonchev–Trinajstić information content (AvgIpc) is 3.27. The maximum Gasteiger partial charge on any atom is 0.325 e. The minimum absolute atomic E-state index is 0.173. The largest absolute Gasteiger partial charge is 0.454 e. The zero-order valence-corrected chi connectivity index (χ0v) is 17.4. The molecule has 2 heterocycles. The van der Waals surface area contributed by atoms with Crippen molar-refractivity contribution in [2.24, 2.45) is 0 Å². The predicted molar refractivity (Wildman–Crippen MR) is 109 cm³/mol. The molecule has 2 aliphatic heterocycles. The van der Waals surface area contributed by atoms with Crippen LogP contribution in [0.4, 0.5) is 4.79 Å². The summed E-state index contributed by atoms with van der Waals surface area (Å²) in [5.41, 5.74) is 0.710. The molecule has 0 saturated carbocycles. The smallest absolute Gasteiger partial charge is 0.325 e. The first-order valence-electron chi connectivity index (χ1n) is 10.4. The Labute approximate surface area is 175 Å². The van der Waals surface area contributed by atoms with Gasteiger partial charge in [0.15, 0.2) is 11.5 Å². The number of rotatable bonds is 6. The van der Waals surface area contributed by atoms with Crippen LogP contribution in [0.5, 0.6) is 11.5 Å². The number of fused-ring (bicyclic) bond motifs is 1. The molecule has 0 aromatic heterocycles. The van der Waals surface area contributed by atoms with Crippen LogP contribution in [0.2, 0.25) is 0 Å². The van der Waals surface area contributed by atoms with Gasteiger partial charge in [-0.2, -0.15) is 0 Å². The highest BCUT2D eigenvalue weighted by Crippen LogP contribution is 2.34. The highest BCUT2D eigenvalue weighted by molar-refractivity contribution is 6.09. The van der Waals surface area contributed by atoms with E-state index < -0.39 is 17.5 Å². The van der Waals surface area contributed by atoms with E-state index in [2.05, 4.69) is 11.4 Å². The number of allylic oxidation sites excluding steroid dienone is 2. The van der Waals surface area contributed by atoms with Crippen molar-refractivity contribution in [2.45, 2.75) is 51.5 Å². The van der Waals surface area contributed by atoms with Crippen molar-refractivity contribution in [3.8, 4) is 11.5 Å². The van der Waals surface area contributed by atoms with Gasteiger partial charge in [-0.25, -0.2) is 4.79 Å². The van der Waals surface area contributed by atoms with Crippen LogP contribution >= 0.6 is 0 Å². The van der Waals surface area contributed by atoms with E-state index in [0.29, 0.717) is 24.5 Å². The summed E-state index contributed by atoms with van der Waals surface area (Å²) in [6.07, 6.45) is 6.35. The van der Waals surface area contributed by atoms with Crippen molar-refractivity contribution in [1.29, 1.82) is 0 Å². The van der Waals surface area contributed by atoms with Crippen LogP contribution in [-0.2, 0) is 16.0 Å². The normalized spacial score (nSPS) is 22.7. The molecule has 30 heavy (non-hydrogen) atoms. The maximum atomic E-state index is 13.1. The van der Waals surface area contributed by atoms with E-state index in [0.717, 1.165) is 41.8 Å². The number of carbonyl (C=O) groups is 3. The van der Waals surface area contributed by atoms with Gasteiger partial charge in [0, 0.05) is 18.7 Å². The van der Waals surface area contributed by atoms with Gasteiger partial charge in [-0.3, -0.25) is 14.5 Å². The molecule has 1 fully saturated rings. The molecule has 1 saturated heterocycles. The number of likely N-dealkylation sites (N-methyl/N-ethyl adjacent to an activating group) is 1. The van der Waals surface area contributed by atoms with Crippen LogP contribution in [-0.4, -0.2) is 53.1 Å². The van der Waals surface area contributed by atoms with Crippen molar-refractivity contribution < 1.29 is 23.9 Å². The fourth-order valence-electron chi connectivity index (χ4n) is 4.30. The van der Waals surface area contributed by atoms with Gasteiger partial charge in [0.1, 0.15) is 12.1 Å². The van der Waals surface area contributed by atoms with E-state index in [1.54, 1.807) is 17.9 Å². The van der Waals surface area contributed by atoms with Gasteiger partial charge in [0.05, 0.1) is 0 Å². The number of hydrogen-bond donors (Lipinski definition) is 1. The van der Waals surface area contributed by atoms with Gasteiger partial charge in [-0.15, -0.1) is 0 Å². The van der Waals surface area contributed by atoms with E-state index in [4.69, 9.17) is 9.47 Å². The Morgan fingerprint density at radius 2 is 2.03 bits per heavy atom. The predicted octanol–water partition coefficient (Wildman–Crippen LogP) is 2.57. The lowest BCUT2D eigenvalue weighted by Crippen LogP contribution is -2.47. The molecule has 1 atom stereocenters. The van der Waals surface area contributed by atoms with Crippen LogP contribution in [0.25, 0.3) is 0 Å². The molecule has 1 unspecified atom stereocenters. The van der Waals surface area contributed by atoms with E-state index in [-0.39, 0.29) is 19.2 Å². The van der Waals surface area contributed by atoms with Crippen molar-refractivity contribution in [3.05, 3.63) is 35.5 Å². The fraction of sp³-hybridized carbons (Fsp3) is 0.500. The highest BCUT2D eigenvalue weighted by Gasteiger charge is 2.48. The number of nitrogens with zero attached hydrogens (tertiary/aromatic N) is 2. The van der Waals surface area contributed by atoms with Crippen LogP contribution in [0.1, 0.15) is 45.1 Å².